The zero-order valence-corrected chi connectivity index (χ0v) is 8.14. The molecule has 2 heterocycles. The average Bonchev–Trinajstić information content (AvgIpc) is 2.59. The number of Topliss-reactive ketones (excluding diaryl/α,β-unsaturated/α-hetero) is 1. The summed E-state index contributed by atoms with van der Waals surface area (Å²) in [5, 5.41) is 0. The number of aromatic nitrogens is 3. The van der Waals surface area contributed by atoms with Crippen LogP contribution in [0.4, 0.5) is 0 Å². The summed E-state index contributed by atoms with van der Waals surface area (Å²) in [6.07, 6.45) is 5.20. The molecule has 2 aromatic heterocycles. The number of hydrogen-bond donors (Lipinski definition) is 0. The number of imidazole rings is 1. The van der Waals surface area contributed by atoms with Gasteiger partial charge < -0.3 is 0 Å². The lowest BCUT2D eigenvalue weighted by atomic mass is 10.1. The van der Waals surface area contributed by atoms with E-state index in [0.717, 1.165) is 0 Å². The van der Waals surface area contributed by atoms with Crippen LogP contribution in [0.2, 0.25) is 0 Å². The molecule has 0 bridgehead atoms. The van der Waals surface area contributed by atoms with E-state index < -0.39 is 0 Å². The molecule has 0 aliphatic carbocycles. The maximum atomic E-state index is 11.6. The Kier molecular flexibility index (Phi) is 2.04. The Labute approximate surface area is 81.6 Å². The van der Waals surface area contributed by atoms with Crippen molar-refractivity contribution in [1.82, 2.24) is 14.4 Å². The lowest BCUT2D eigenvalue weighted by Gasteiger charge is -1.97. The molecule has 0 radical (unpaired) electrons. The molecule has 0 N–H and O–H groups in total. The van der Waals surface area contributed by atoms with Gasteiger partial charge in [0, 0.05) is 24.5 Å². The SMILES string of the molecule is CC(C)C(=O)c1cn2cccnc2n1. The first-order valence-corrected chi connectivity index (χ1v) is 4.52. The molecule has 0 saturated heterocycles. The summed E-state index contributed by atoms with van der Waals surface area (Å²) in [5.74, 6) is 0.590. The molecular formula is C10H11N3O. The Bertz CT molecular complexity index is 440. The fraction of sp³-hybridized carbons (Fsp3) is 0.300. The Morgan fingerprint density at radius 1 is 1.50 bits per heavy atom. The van der Waals surface area contributed by atoms with E-state index in [1.165, 1.54) is 0 Å². The third kappa shape index (κ3) is 1.39. The molecule has 4 heteroatoms. The van der Waals surface area contributed by atoms with Gasteiger partial charge in [0.1, 0.15) is 5.69 Å². The quantitative estimate of drug-likeness (QED) is 0.673. The van der Waals surface area contributed by atoms with Gasteiger partial charge in [0.2, 0.25) is 5.78 Å². The van der Waals surface area contributed by atoms with Crippen LogP contribution in [0.25, 0.3) is 5.78 Å². The predicted octanol–water partition coefficient (Wildman–Crippen LogP) is 1.57. The number of carbonyl (C=O) groups is 1. The van der Waals surface area contributed by atoms with Crippen LogP contribution in [0, 0.1) is 5.92 Å². The zero-order valence-electron chi connectivity index (χ0n) is 8.14. The molecule has 0 aromatic carbocycles. The molecule has 72 valence electrons. The molecule has 14 heavy (non-hydrogen) atoms. The fourth-order valence-corrected chi connectivity index (χ4v) is 1.24. The molecule has 0 amide bonds. The number of hydrogen-bond acceptors (Lipinski definition) is 3. The van der Waals surface area contributed by atoms with Crippen LogP contribution in [0.3, 0.4) is 0 Å². The van der Waals surface area contributed by atoms with Crippen molar-refractivity contribution in [2.75, 3.05) is 0 Å². The van der Waals surface area contributed by atoms with Crippen LogP contribution in [-0.4, -0.2) is 20.2 Å². The maximum Gasteiger partial charge on any atom is 0.234 e. The molecule has 0 atom stereocenters. The number of fused-ring (bicyclic) bond motifs is 1. The van der Waals surface area contributed by atoms with Crippen LogP contribution in [0.15, 0.2) is 24.7 Å². The van der Waals surface area contributed by atoms with Crippen LogP contribution in [0.1, 0.15) is 24.3 Å². The molecule has 0 unspecified atom stereocenters. The second-order valence-corrected chi connectivity index (χ2v) is 3.47. The van der Waals surface area contributed by atoms with Crippen molar-refractivity contribution >= 4 is 11.6 Å². The van der Waals surface area contributed by atoms with Gasteiger partial charge in [-0.1, -0.05) is 13.8 Å². The largest absolute Gasteiger partial charge is 0.292 e. The highest BCUT2D eigenvalue weighted by molar-refractivity contribution is 5.95. The van der Waals surface area contributed by atoms with E-state index in [1.807, 2.05) is 20.0 Å². The molecule has 0 spiro atoms. The van der Waals surface area contributed by atoms with Crippen molar-refractivity contribution in [3.8, 4) is 0 Å². The third-order valence-corrected chi connectivity index (χ3v) is 2.01. The van der Waals surface area contributed by atoms with Crippen LogP contribution in [0.5, 0.6) is 0 Å². The number of rotatable bonds is 2. The van der Waals surface area contributed by atoms with Crippen LogP contribution >= 0.6 is 0 Å². The monoisotopic (exact) mass is 189 g/mol. The first-order valence-electron chi connectivity index (χ1n) is 4.52. The van der Waals surface area contributed by atoms with Crippen LogP contribution < -0.4 is 0 Å². The topological polar surface area (TPSA) is 47.3 Å². The van der Waals surface area contributed by atoms with Gasteiger partial charge in [0.25, 0.3) is 0 Å². The Balaban J connectivity index is 2.50. The van der Waals surface area contributed by atoms with E-state index in [0.29, 0.717) is 11.5 Å². The van der Waals surface area contributed by atoms with E-state index >= 15 is 0 Å². The summed E-state index contributed by atoms with van der Waals surface area (Å²) >= 11 is 0. The van der Waals surface area contributed by atoms with Crippen molar-refractivity contribution in [3.05, 3.63) is 30.4 Å². The average molecular weight is 189 g/mol. The minimum Gasteiger partial charge on any atom is -0.292 e. The van der Waals surface area contributed by atoms with Crippen LogP contribution in [-0.2, 0) is 0 Å². The van der Waals surface area contributed by atoms with E-state index in [4.69, 9.17) is 0 Å². The van der Waals surface area contributed by atoms with Crippen molar-refractivity contribution in [2.24, 2.45) is 5.92 Å². The summed E-state index contributed by atoms with van der Waals surface area (Å²) in [6, 6.07) is 1.80. The minimum absolute atomic E-state index is 0.0279. The molecule has 0 aliphatic heterocycles. The number of ketones is 1. The molecule has 2 rings (SSSR count). The lowest BCUT2D eigenvalue weighted by Crippen LogP contribution is -2.07. The normalized spacial score (nSPS) is 11.1. The minimum atomic E-state index is -0.0279. The third-order valence-electron chi connectivity index (χ3n) is 2.01. The number of carbonyl (C=O) groups excluding carboxylic acids is 1. The van der Waals surface area contributed by atoms with Crippen molar-refractivity contribution in [3.63, 3.8) is 0 Å². The summed E-state index contributed by atoms with van der Waals surface area (Å²) in [4.78, 5) is 19.8. The van der Waals surface area contributed by atoms with E-state index in [9.17, 15) is 4.79 Å². The first-order chi connectivity index (χ1) is 6.68. The second-order valence-electron chi connectivity index (χ2n) is 3.47. The lowest BCUT2D eigenvalue weighted by molar-refractivity contribution is 0.0935. The Morgan fingerprint density at radius 3 is 2.93 bits per heavy atom. The van der Waals surface area contributed by atoms with Gasteiger partial charge >= 0.3 is 0 Å². The summed E-state index contributed by atoms with van der Waals surface area (Å²) in [6.45, 7) is 3.72. The summed E-state index contributed by atoms with van der Waals surface area (Å²) in [7, 11) is 0. The maximum absolute atomic E-state index is 11.6. The molecule has 0 aliphatic rings. The highest BCUT2D eigenvalue weighted by Crippen LogP contribution is 2.07. The fourth-order valence-electron chi connectivity index (χ4n) is 1.24. The standard InChI is InChI=1S/C10H11N3O/c1-7(2)9(14)8-6-13-5-3-4-11-10(13)12-8/h3-7H,1-2H3. The van der Waals surface area contributed by atoms with Gasteiger partial charge in [-0.25, -0.2) is 9.97 Å². The molecule has 0 saturated carbocycles. The van der Waals surface area contributed by atoms with Gasteiger partial charge in [-0.15, -0.1) is 0 Å². The number of nitrogens with zero attached hydrogens (tertiary/aromatic N) is 3. The second kappa shape index (κ2) is 3.21. The van der Waals surface area contributed by atoms with Gasteiger partial charge in [-0.05, 0) is 6.07 Å². The van der Waals surface area contributed by atoms with Gasteiger partial charge in [-0.2, -0.15) is 0 Å². The molecule has 4 nitrogen and oxygen atoms in total. The van der Waals surface area contributed by atoms with E-state index in [1.54, 1.807) is 22.9 Å². The van der Waals surface area contributed by atoms with Gasteiger partial charge in [-0.3, -0.25) is 9.20 Å². The van der Waals surface area contributed by atoms with Crippen molar-refractivity contribution in [2.45, 2.75) is 13.8 Å². The highest BCUT2D eigenvalue weighted by Gasteiger charge is 2.14. The highest BCUT2D eigenvalue weighted by atomic mass is 16.1. The molecule has 2 aromatic rings. The van der Waals surface area contributed by atoms with E-state index in [-0.39, 0.29) is 11.7 Å². The molecular weight excluding hydrogens is 178 g/mol. The smallest absolute Gasteiger partial charge is 0.234 e. The summed E-state index contributed by atoms with van der Waals surface area (Å²) in [5.41, 5.74) is 0.485. The predicted molar refractivity (Wildman–Crippen MR) is 52.2 cm³/mol. The zero-order chi connectivity index (χ0) is 10.1. The van der Waals surface area contributed by atoms with Crippen molar-refractivity contribution in [1.29, 1.82) is 0 Å². The van der Waals surface area contributed by atoms with Gasteiger partial charge in [0.15, 0.2) is 5.78 Å². The van der Waals surface area contributed by atoms with E-state index in [2.05, 4.69) is 9.97 Å². The Hall–Kier alpha value is -1.71. The Morgan fingerprint density at radius 2 is 2.29 bits per heavy atom. The van der Waals surface area contributed by atoms with Gasteiger partial charge in [0.05, 0.1) is 0 Å². The van der Waals surface area contributed by atoms with Crippen molar-refractivity contribution < 1.29 is 4.79 Å². The summed E-state index contributed by atoms with van der Waals surface area (Å²) < 4.78 is 1.75. The first kappa shape index (κ1) is 8.87. The molecule has 0 fully saturated rings.